The van der Waals surface area contributed by atoms with E-state index < -0.39 is 0 Å². The molecule has 34 heavy (non-hydrogen) atoms. The topological polar surface area (TPSA) is 81.8 Å². The van der Waals surface area contributed by atoms with Crippen molar-refractivity contribution in [2.45, 2.75) is 13.8 Å². The van der Waals surface area contributed by atoms with Crippen LogP contribution in [0.3, 0.4) is 0 Å². The van der Waals surface area contributed by atoms with Gasteiger partial charge in [0.15, 0.2) is 0 Å². The van der Waals surface area contributed by atoms with Gasteiger partial charge < -0.3 is 20.4 Å². The number of rotatable bonds is 9. The lowest BCUT2D eigenvalue weighted by atomic mass is 10.1. The Morgan fingerprint density at radius 3 is 2.06 bits per heavy atom. The summed E-state index contributed by atoms with van der Waals surface area (Å²) in [7, 11) is 1.73. The molecule has 0 aromatic heterocycles. The smallest absolute Gasteiger partial charge is 0.258 e. The van der Waals surface area contributed by atoms with Crippen LogP contribution in [0.5, 0.6) is 0 Å². The molecule has 3 rings (SSSR count). The van der Waals surface area contributed by atoms with Crippen molar-refractivity contribution in [3.63, 3.8) is 0 Å². The minimum atomic E-state index is -0.235. The number of anilines is 3. The molecule has 0 radical (unpaired) electrons. The Balaban J connectivity index is 1.56. The minimum absolute atomic E-state index is 0.0307. The summed E-state index contributed by atoms with van der Waals surface area (Å²) >= 11 is 0. The van der Waals surface area contributed by atoms with Gasteiger partial charge in [0, 0.05) is 48.3 Å². The summed E-state index contributed by atoms with van der Waals surface area (Å²) in [6.45, 7) is 5.21. The van der Waals surface area contributed by atoms with Crippen molar-refractivity contribution in [3.05, 3.63) is 90.0 Å². The highest BCUT2D eigenvalue weighted by Gasteiger charge is 2.14. The van der Waals surface area contributed by atoms with Crippen LogP contribution in [0, 0.1) is 0 Å². The molecule has 0 aliphatic rings. The maximum atomic E-state index is 12.8. The second-order valence-corrected chi connectivity index (χ2v) is 7.74. The van der Waals surface area contributed by atoms with Crippen molar-refractivity contribution in [2.24, 2.45) is 0 Å². The Bertz CT molecular complexity index is 1130. The Hall–Kier alpha value is -4.13. The summed E-state index contributed by atoms with van der Waals surface area (Å²) in [5.41, 5.74) is 3.18. The van der Waals surface area contributed by atoms with Crippen LogP contribution in [-0.2, 0) is 4.79 Å². The van der Waals surface area contributed by atoms with Crippen molar-refractivity contribution < 1.29 is 14.4 Å². The first-order valence-electron chi connectivity index (χ1n) is 11.3. The molecule has 0 aliphatic heterocycles. The Kier molecular flexibility index (Phi) is 8.40. The van der Waals surface area contributed by atoms with Crippen molar-refractivity contribution in [2.75, 3.05) is 42.2 Å². The molecule has 0 bridgehead atoms. The Labute approximate surface area is 200 Å². The number of para-hydroxylation sites is 1. The fourth-order valence-corrected chi connectivity index (χ4v) is 3.50. The van der Waals surface area contributed by atoms with Gasteiger partial charge in [-0.3, -0.25) is 14.4 Å². The van der Waals surface area contributed by atoms with Gasteiger partial charge in [-0.2, -0.15) is 0 Å². The van der Waals surface area contributed by atoms with E-state index in [2.05, 4.69) is 10.6 Å². The molecule has 176 valence electrons. The molecule has 3 amide bonds. The maximum Gasteiger partial charge on any atom is 0.258 e. The van der Waals surface area contributed by atoms with E-state index in [4.69, 9.17) is 0 Å². The third-order valence-corrected chi connectivity index (χ3v) is 5.48. The minimum Gasteiger partial charge on any atom is -0.376 e. The molecule has 2 N–H and O–H groups in total. The number of hydrogen-bond acceptors (Lipinski definition) is 4. The third kappa shape index (κ3) is 6.22. The zero-order chi connectivity index (χ0) is 24.5. The molecule has 0 spiro atoms. The number of amides is 3. The fourth-order valence-electron chi connectivity index (χ4n) is 3.50. The maximum absolute atomic E-state index is 12.8. The van der Waals surface area contributed by atoms with Crippen LogP contribution >= 0.6 is 0 Å². The van der Waals surface area contributed by atoms with Crippen molar-refractivity contribution in [3.8, 4) is 0 Å². The number of carbonyl (C=O) groups excluding carboxylic acids is 3. The molecule has 0 fully saturated rings. The predicted octanol–water partition coefficient (Wildman–Crippen LogP) is 4.50. The zero-order valence-corrected chi connectivity index (χ0v) is 19.7. The molecule has 0 saturated heterocycles. The van der Waals surface area contributed by atoms with Crippen LogP contribution in [-0.4, -0.2) is 49.3 Å². The molecule has 3 aromatic rings. The van der Waals surface area contributed by atoms with E-state index in [0.29, 0.717) is 35.6 Å². The number of nitrogens with one attached hydrogen (secondary N) is 2. The highest BCUT2D eigenvalue weighted by molar-refractivity contribution is 6.06. The van der Waals surface area contributed by atoms with E-state index in [-0.39, 0.29) is 24.3 Å². The van der Waals surface area contributed by atoms with Gasteiger partial charge in [-0.05, 0) is 68.4 Å². The fraction of sp³-hybridized carbons (Fsp3) is 0.222. The number of hydrogen-bond donors (Lipinski definition) is 2. The van der Waals surface area contributed by atoms with Crippen LogP contribution in [0.4, 0.5) is 17.1 Å². The highest BCUT2D eigenvalue weighted by atomic mass is 16.2. The lowest BCUT2D eigenvalue weighted by Gasteiger charge is -2.18. The van der Waals surface area contributed by atoms with Gasteiger partial charge in [0.25, 0.3) is 11.8 Å². The van der Waals surface area contributed by atoms with Crippen molar-refractivity contribution >= 4 is 34.8 Å². The molecule has 0 heterocycles. The molecular weight excluding hydrogens is 428 g/mol. The quantitative estimate of drug-likeness (QED) is 0.495. The van der Waals surface area contributed by atoms with Gasteiger partial charge in [-0.1, -0.05) is 24.3 Å². The van der Waals surface area contributed by atoms with Crippen LogP contribution < -0.4 is 15.5 Å². The molecule has 7 heteroatoms. The molecule has 0 atom stereocenters. The van der Waals surface area contributed by atoms with E-state index >= 15 is 0 Å². The van der Waals surface area contributed by atoms with E-state index in [1.54, 1.807) is 65.4 Å². The van der Waals surface area contributed by atoms with Gasteiger partial charge in [0.2, 0.25) is 5.91 Å². The Morgan fingerprint density at radius 1 is 0.735 bits per heavy atom. The van der Waals surface area contributed by atoms with Gasteiger partial charge in [0.1, 0.15) is 0 Å². The lowest BCUT2D eigenvalue weighted by molar-refractivity contribution is -0.114. The van der Waals surface area contributed by atoms with Crippen LogP contribution in [0.1, 0.15) is 34.6 Å². The second kappa shape index (κ2) is 11.7. The van der Waals surface area contributed by atoms with Gasteiger partial charge in [-0.15, -0.1) is 0 Å². The largest absolute Gasteiger partial charge is 0.376 e. The van der Waals surface area contributed by atoms with Crippen molar-refractivity contribution in [1.29, 1.82) is 0 Å². The first-order chi connectivity index (χ1) is 16.4. The normalized spacial score (nSPS) is 10.3. The summed E-state index contributed by atoms with van der Waals surface area (Å²) in [6, 6.07) is 23.3. The number of carbonyl (C=O) groups is 3. The average molecular weight is 459 g/mol. The van der Waals surface area contributed by atoms with E-state index in [9.17, 15) is 14.4 Å². The van der Waals surface area contributed by atoms with Gasteiger partial charge >= 0.3 is 0 Å². The molecule has 0 saturated carbocycles. The van der Waals surface area contributed by atoms with Crippen LogP contribution in [0.2, 0.25) is 0 Å². The SMILES string of the molecule is CCN(CC)C(=O)c1ccc(NC(=O)CNc2cccc(C(=O)N(C)c3ccccc3)c2)cc1. The molecular formula is C27H30N4O3. The lowest BCUT2D eigenvalue weighted by Crippen LogP contribution is -2.30. The molecule has 7 nitrogen and oxygen atoms in total. The molecule has 0 unspecified atom stereocenters. The van der Waals surface area contributed by atoms with Crippen molar-refractivity contribution in [1.82, 2.24) is 4.90 Å². The monoisotopic (exact) mass is 458 g/mol. The van der Waals surface area contributed by atoms with Gasteiger partial charge in [-0.25, -0.2) is 0 Å². The summed E-state index contributed by atoms with van der Waals surface area (Å²) in [4.78, 5) is 40.9. The first-order valence-corrected chi connectivity index (χ1v) is 11.3. The Morgan fingerprint density at radius 2 is 1.41 bits per heavy atom. The van der Waals surface area contributed by atoms with E-state index in [0.717, 1.165) is 5.69 Å². The van der Waals surface area contributed by atoms with Crippen LogP contribution in [0.15, 0.2) is 78.9 Å². The van der Waals surface area contributed by atoms with Crippen LogP contribution in [0.25, 0.3) is 0 Å². The van der Waals surface area contributed by atoms with E-state index in [1.807, 2.05) is 44.2 Å². The summed E-state index contributed by atoms with van der Waals surface area (Å²) < 4.78 is 0. The summed E-state index contributed by atoms with van der Waals surface area (Å²) in [6.07, 6.45) is 0. The summed E-state index contributed by atoms with van der Waals surface area (Å²) in [5, 5.41) is 5.87. The molecule has 0 aliphatic carbocycles. The summed E-state index contributed by atoms with van der Waals surface area (Å²) in [5.74, 6) is -0.406. The highest BCUT2D eigenvalue weighted by Crippen LogP contribution is 2.17. The second-order valence-electron chi connectivity index (χ2n) is 7.74. The first kappa shape index (κ1) is 24.5. The standard InChI is InChI=1S/C27H30N4O3/c1-4-31(5-2)27(34)20-14-16-22(17-15-20)29-25(32)19-28-23-11-9-10-21(18-23)26(33)30(3)24-12-7-6-8-13-24/h6-18,28H,4-5,19H2,1-3H3,(H,29,32). The third-order valence-electron chi connectivity index (χ3n) is 5.48. The van der Waals surface area contributed by atoms with E-state index in [1.165, 1.54) is 0 Å². The average Bonchev–Trinajstić information content (AvgIpc) is 2.88. The molecule has 3 aromatic carbocycles. The predicted molar refractivity (Wildman–Crippen MR) is 136 cm³/mol. The van der Waals surface area contributed by atoms with Gasteiger partial charge in [0.05, 0.1) is 6.54 Å². The number of benzene rings is 3. The number of nitrogens with zero attached hydrogens (tertiary/aromatic N) is 2. The zero-order valence-electron chi connectivity index (χ0n) is 19.7.